The van der Waals surface area contributed by atoms with Crippen LogP contribution in [-0.4, -0.2) is 53.8 Å². The normalized spacial score (nSPS) is 25.6. The molecule has 1 aliphatic carbocycles. The number of carboxylic acid groups (broad SMARTS) is 1. The summed E-state index contributed by atoms with van der Waals surface area (Å²) in [4.78, 5) is 24.3. The van der Waals surface area contributed by atoms with Crippen LogP contribution in [0.5, 0.6) is 0 Å². The van der Waals surface area contributed by atoms with Crippen molar-refractivity contribution in [1.29, 1.82) is 0 Å². The van der Waals surface area contributed by atoms with Gasteiger partial charge in [-0.05, 0) is 25.7 Å². The Labute approximate surface area is 106 Å². The number of nitrogens with one attached hydrogen (secondary N) is 1. The lowest BCUT2D eigenvalue weighted by Crippen LogP contribution is -2.52. The van der Waals surface area contributed by atoms with Crippen molar-refractivity contribution < 1.29 is 19.4 Å². The van der Waals surface area contributed by atoms with E-state index in [-0.39, 0.29) is 18.5 Å². The summed E-state index contributed by atoms with van der Waals surface area (Å²) >= 11 is 0. The lowest BCUT2D eigenvalue weighted by molar-refractivity contribution is -0.141. The van der Waals surface area contributed by atoms with Crippen LogP contribution in [0.25, 0.3) is 0 Å². The van der Waals surface area contributed by atoms with Gasteiger partial charge >= 0.3 is 12.0 Å². The Balaban J connectivity index is 1.79. The van der Waals surface area contributed by atoms with E-state index in [1.807, 2.05) is 6.92 Å². The molecule has 0 aromatic carbocycles. The number of carbonyl (C=O) groups is 2. The number of carboxylic acids is 1. The third-order valence-corrected chi connectivity index (χ3v) is 3.51. The van der Waals surface area contributed by atoms with Gasteiger partial charge in [0, 0.05) is 19.1 Å². The summed E-state index contributed by atoms with van der Waals surface area (Å²) in [6, 6.07) is 0.103. The van der Waals surface area contributed by atoms with Gasteiger partial charge in [0.2, 0.25) is 0 Å². The molecule has 0 radical (unpaired) electrons. The fourth-order valence-electron chi connectivity index (χ4n) is 2.22. The quantitative estimate of drug-likeness (QED) is 0.775. The van der Waals surface area contributed by atoms with Crippen LogP contribution >= 0.6 is 0 Å². The zero-order chi connectivity index (χ0) is 13.1. The van der Waals surface area contributed by atoms with Crippen molar-refractivity contribution in [2.24, 2.45) is 5.92 Å². The van der Waals surface area contributed by atoms with Gasteiger partial charge in [-0.1, -0.05) is 0 Å². The van der Waals surface area contributed by atoms with Gasteiger partial charge in [-0.2, -0.15) is 0 Å². The van der Waals surface area contributed by atoms with Crippen LogP contribution in [0, 0.1) is 5.92 Å². The number of aliphatic carboxylic acids is 1. The van der Waals surface area contributed by atoms with Crippen LogP contribution in [0.1, 0.15) is 26.2 Å². The van der Waals surface area contributed by atoms with Crippen molar-refractivity contribution in [2.45, 2.75) is 38.3 Å². The molecule has 2 rings (SSSR count). The summed E-state index contributed by atoms with van der Waals surface area (Å²) in [5, 5.41) is 11.7. The van der Waals surface area contributed by atoms with Crippen molar-refractivity contribution in [2.75, 3.05) is 19.7 Å². The van der Waals surface area contributed by atoms with Crippen LogP contribution < -0.4 is 5.32 Å². The second kappa shape index (κ2) is 5.56. The molecule has 2 fully saturated rings. The van der Waals surface area contributed by atoms with Crippen molar-refractivity contribution >= 4 is 12.0 Å². The number of nitrogens with zero attached hydrogens (tertiary/aromatic N) is 1. The van der Waals surface area contributed by atoms with Gasteiger partial charge in [0.1, 0.15) is 0 Å². The van der Waals surface area contributed by atoms with Gasteiger partial charge < -0.3 is 20.1 Å². The molecule has 0 aromatic heterocycles. The van der Waals surface area contributed by atoms with Crippen molar-refractivity contribution in [3.63, 3.8) is 0 Å². The molecule has 1 aliphatic heterocycles. The first kappa shape index (κ1) is 13.1. The van der Waals surface area contributed by atoms with E-state index >= 15 is 0 Å². The first-order chi connectivity index (χ1) is 8.56. The topological polar surface area (TPSA) is 78.9 Å². The summed E-state index contributed by atoms with van der Waals surface area (Å²) in [5.74, 6) is -0.279. The maximum Gasteiger partial charge on any atom is 0.317 e. The smallest absolute Gasteiger partial charge is 0.317 e. The molecule has 2 unspecified atom stereocenters. The van der Waals surface area contributed by atoms with E-state index in [9.17, 15) is 9.59 Å². The van der Waals surface area contributed by atoms with Crippen molar-refractivity contribution in [3.05, 3.63) is 0 Å². The number of ether oxygens (including phenoxy) is 1. The van der Waals surface area contributed by atoms with E-state index in [2.05, 4.69) is 5.32 Å². The van der Waals surface area contributed by atoms with Gasteiger partial charge in [-0.3, -0.25) is 4.79 Å². The first-order valence-corrected chi connectivity index (χ1v) is 6.45. The standard InChI is InChI=1S/C12H20N2O4/c1-8(9-2-3-9)13-12(17)14-4-5-18-10(7-14)6-11(15)16/h8-10H,2-7H2,1H3,(H,13,17)(H,15,16). The number of morpholine rings is 1. The van der Waals surface area contributed by atoms with E-state index in [0.717, 1.165) is 0 Å². The molecule has 0 bridgehead atoms. The number of rotatable bonds is 4. The van der Waals surface area contributed by atoms with E-state index in [4.69, 9.17) is 9.84 Å². The van der Waals surface area contributed by atoms with Gasteiger partial charge in [0.25, 0.3) is 0 Å². The lowest BCUT2D eigenvalue weighted by Gasteiger charge is -2.33. The molecule has 2 atom stereocenters. The lowest BCUT2D eigenvalue weighted by atomic mass is 10.2. The average molecular weight is 256 g/mol. The summed E-state index contributed by atoms with van der Waals surface area (Å²) in [6.07, 6.45) is 1.93. The van der Waals surface area contributed by atoms with Crippen molar-refractivity contribution in [3.8, 4) is 0 Å². The third-order valence-electron chi connectivity index (χ3n) is 3.51. The number of carbonyl (C=O) groups excluding carboxylic acids is 1. The van der Waals surface area contributed by atoms with Gasteiger partial charge in [0.15, 0.2) is 0 Å². The summed E-state index contributed by atoms with van der Waals surface area (Å²) in [7, 11) is 0. The van der Waals surface area contributed by atoms with Crippen LogP contribution in [-0.2, 0) is 9.53 Å². The second-order valence-electron chi connectivity index (χ2n) is 5.11. The molecule has 6 heteroatoms. The van der Waals surface area contributed by atoms with Crippen LogP contribution in [0.3, 0.4) is 0 Å². The third kappa shape index (κ3) is 3.60. The minimum absolute atomic E-state index is 0.0536. The summed E-state index contributed by atoms with van der Waals surface area (Å²) in [6.45, 7) is 3.31. The minimum atomic E-state index is -0.895. The first-order valence-electron chi connectivity index (χ1n) is 6.45. The Kier molecular flexibility index (Phi) is 4.06. The zero-order valence-electron chi connectivity index (χ0n) is 10.6. The molecule has 102 valence electrons. The molecule has 2 N–H and O–H groups in total. The molecule has 1 saturated carbocycles. The van der Waals surface area contributed by atoms with E-state index in [1.165, 1.54) is 12.8 Å². The highest BCUT2D eigenvalue weighted by Crippen LogP contribution is 2.32. The maximum absolute atomic E-state index is 12.0. The van der Waals surface area contributed by atoms with E-state index in [0.29, 0.717) is 25.6 Å². The number of hydrogen-bond acceptors (Lipinski definition) is 3. The Hall–Kier alpha value is -1.30. The molecule has 2 amide bonds. The Morgan fingerprint density at radius 3 is 2.83 bits per heavy atom. The largest absolute Gasteiger partial charge is 0.481 e. The minimum Gasteiger partial charge on any atom is -0.481 e. The Morgan fingerprint density at radius 2 is 2.22 bits per heavy atom. The van der Waals surface area contributed by atoms with E-state index < -0.39 is 12.1 Å². The van der Waals surface area contributed by atoms with E-state index in [1.54, 1.807) is 4.90 Å². The van der Waals surface area contributed by atoms with Gasteiger partial charge in [0.05, 0.1) is 19.1 Å². The number of hydrogen-bond donors (Lipinski definition) is 2. The molecular formula is C12H20N2O4. The van der Waals surface area contributed by atoms with Gasteiger partial charge in [-0.25, -0.2) is 4.79 Å². The van der Waals surface area contributed by atoms with Crippen LogP contribution in [0.15, 0.2) is 0 Å². The predicted octanol–water partition coefficient (Wildman–Crippen LogP) is 0.670. The molecule has 6 nitrogen and oxygen atoms in total. The highest BCUT2D eigenvalue weighted by Gasteiger charge is 2.31. The van der Waals surface area contributed by atoms with Crippen molar-refractivity contribution in [1.82, 2.24) is 10.2 Å². The predicted molar refractivity (Wildman–Crippen MR) is 64.3 cm³/mol. The average Bonchev–Trinajstić information content (AvgIpc) is 3.12. The highest BCUT2D eigenvalue weighted by atomic mass is 16.5. The zero-order valence-corrected chi connectivity index (χ0v) is 10.6. The molecule has 18 heavy (non-hydrogen) atoms. The number of urea groups is 1. The summed E-state index contributed by atoms with van der Waals surface area (Å²) in [5.41, 5.74) is 0. The Bertz CT molecular complexity index is 330. The maximum atomic E-state index is 12.0. The molecule has 1 heterocycles. The number of amides is 2. The molecule has 0 aromatic rings. The molecule has 2 aliphatic rings. The molecule has 0 spiro atoms. The molecular weight excluding hydrogens is 236 g/mol. The monoisotopic (exact) mass is 256 g/mol. The highest BCUT2D eigenvalue weighted by molar-refractivity contribution is 5.75. The second-order valence-corrected chi connectivity index (χ2v) is 5.11. The Morgan fingerprint density at radius 1 is 1.50 bits per heavy atom. The fourth-order valence-corrected chi connectivity index (χ4v) is 2.22. The SMILES string of the molecule is CC(NC(=O)N1CCOC(CC(=O)O)C1)C1CC1. The molecule has 1 saturated heterocycles. The fraction of sp³-hybridized carbons (Fsp3) is 0.833. The summed E-state index contributed by atoms with van der Waals surface area (Å²) < 4.78 is 5.33. The van der Waals surface area contributed by atoms with Crippen LogP contribution in [0.4, 0.5) is 4.79 Å². The van der Waals surface area contributed by atoms with Gasteiger partial charge in [-0.15, -0.1) is 0 Å². The van der Waals surface area contributed by atoms with Crippen LogP contribution in [0.2, 0.25) is 0 Å².